The fourth-order valence-corrected chi connectivity index (χ4v) is 5.92. The van der Waals surface area contributed by atoms with Crippen LogP contribution >= 0.6 is 0 Å². The van der Waals surface area contributed by atoms with E-state index >= 15 is 0 Å². The maximum atomic E-state index is 14.3. The highest BCUT2D eigenvalue weighted by Crippen LogP contribution is 2.40. The van der Waals surface area contributed by atoms with Crippen LogP contribution < -0.4 is 5.32 Å². The van der Waals surface area contributed by atoms with Crippen LogP contribution in [0.25, 0.3) is 0 Å². The third-order valence-corrected chi connectivity index (χ3v) is 7.90. The van der Waals surface area contributed by atoms with Gasteiger partial charge in [0.1, 0.15) is 17.5 Å². The fourth-order valence-electron chi connectivity index (χ4n) is 5.92. The quantitative estimate of drug-likeness (QED) is 0.396. The van der Waals surface area contributed by atoms with Gasteiger partial charge in [-0.3, -0.25) is 14.5 Å². The Hall–Kier alpha value is -3.91. The van der Waals surface area contributed by atoms with Gasteiger partial charge < -0.3 is 10.2 Å². The first kappa shape index (κ1) is 27.6. The van der Waals surface area contributed by atoms with E-state index in [9.17, 15) is 18.4 Å². The Balaban J connectivity index is 1.22. The van der Waals surface area contributed by atoms with Crippen molar-refractivity contribution < 1.29 is 18.4 Å². The van der Waals surface area contributed by atoms with Crippen LogP contribution in [0, 0.1) is 11.6 Å². The summed E-state index contributed by atoms with van der Waals surface area (Å²) >= 11 is 0. The van der Waals surface area contributed by atoms with Crippen molar-refractivity contribution in [3.63, 3.8) is 0 Å². The number of piperidine rings is 1. The van der Waals surface area contributed by atoms with Gasteiger partial charge in [-0.1, -0.05) is 36.4 Å². The number of likely N-dealkylation sites (tertiary alicyclic amines) is 1. The van der Waals surface area contributed by atoms with Crippen LogP contribution in [0.4, 0.5) is 14.5 Å². The van der Waals surface area contributed by atoms with E-state index in [0.29, 0.717) is 29.4 Å². The van der Waals surface area contributed by atoms with Crippen molar-refractivity contribution in [1.29, 1.82) is 0 Å². The lowest BCUT2D eigenvalue weighted by atomic mass is 9.82. The molecule has 2 amide bonds. The Kier molecular flexibility index (Phi) is 8.07. The lowest BCUT2D eigenvalue weighted by molar-refractivity contribution is -0.130. The molecule has 40 heavy (non-hydrogen) atoms. The molecule has 5 rings (SSSR count). The van der Waals surface area contributed by atoms with E-state index in [4.69, 9.17) is 4.99 Å². The molecule has 1 atom stereocenters. The number of aliphatic imine (C=N–C) groups is 1. The number of carbonyl (C=O) groups is 2. The molecular weight excluding hydrogens is 510 g/mol. The van der Waals surface area contributed by atoms with Crippen LogP contribution in [-0.4, -0.2) is 53.6 Å². The van der Waals surface area contributed by atoms with Crippen LogP contribution in [0.5, 0.6) is 0 Å². The van der Waals surface area contributed by atoms with E-state index in [-0.39, 0.29) is 11.8 Å². The second kappa shape index (κ2) is 11.7. The van der Waals surface area contributed by atoms with Crippen LogP contribution in [-0.2, 0) is 15.1 Å². The van der Waals surface area contributed by atoms with Gasteiger partial charge in [0.2, 0.25) is 5.91 Å². The van der Waals surface area contributed by atoms with Crippen LogP contribution in [0.2, 0.25) is 0 Å². The van der Waals surface area contributed by atoms with Crippen molar-refractivity contribution in [2.24, 2.45) is 4.99 Å². The Morgan fingerprint density at radius 2 is 1.68 bits per heavy atom. The second-order valence-corrected chi connectivity index (χ2v) is 10.6. The van der Waals surface area contributed by atoms with Crippen molar-refractivity contribution in [3.8, 4) is 0 Å². The minimum absolute atomic E-state index is 0.0745. The normalized spacial score (nSPS) is 20.1. The summed E-state index contributed by atoms with van der Waals surface area (Å²) < 4.78 is 28.0. The maximum Gasteiger partial charge on any atom is 0.265 e. The zero-order valence-electron chi connectivity index (χ0n) is 22.9. The summed E-state index contributed by atoms with van der Waals surface area (Å²) in [6.45, 7) is 6.56. The molecule has 0 aromatic heterocycles. The Morgan fingerprint density at radius 3 is 2.38 bits per heavy atom. The highest BCUT2D eigenvalue weighted by atomic mass is 19.1. The molecule has 0 aliphatic carbocycles. The zero-order chi connectivity index (χ0) is 28.3. The largest absolute Gasteiger partial charge is 0.326 e. The number of amides is 2. The Bertz CT molecular complexity index is 1420. The summed E-state index contributed by atoms with van der Waals surface area (Å²) in [7, 11) is 0. The third kappa shape index (κ3) is 5.68. The molecule has 0 saturated carbocycles. The summed E-state index contributed by atoms with van der Waals surface area (Å²) in [5.74, 6) is -0.179. The SMILES string of the molecule is CC(=O)Nc1cccc(C2CCN(CCCN3C(=O)C(c4ccc(F)cc4)(c4cccc(F)c4)N=C3C)CC2)c1. The molecule has 1 unspecified atom stereocenters. The molecule has 2 aliphatic heterocycles. The minimum Gasteiger partial charge on any atom is -0.326 e. The van der Waals surface area contributed by atoms with E-state index in [0.717, 1.165) is 44.6 Å². The first-order valence-electron chi connectivity index (χ1n) is 13.8. The Morgan fingerprint density at radius 1 is 0.950 bits per heavy atom. The molecule has 0 bridgehead atoms. The average Bonchev–Trinajstić information content (AvgIpc) is 3.19. The number of benzene rings is 3. The van der Waals surface area contributed by atoms with E-state index in [1.165, 1.54) is 36.8 Å². The summed E-state index contributed by atoms with van der Waals surface area (Å²) in [6, 6.07) is 19.7. The second-order valence-electron chi connectivity index (χ2n) is 10.6. The number of nitrogens with one attached hydrogen (secondary N) is 1. The highest BCUT2D eigenvalue weighted by molar-refractivity contribution is 6.09. The summed E-state index contributed by atoms with van der Waals surface area (Å²) in [5.41, 5.74) is 1.57. The molecule has 3 aromatic rings. The van der Waals surface area contributed by atoms with Gasteiger partial charge in [0, 0.05) is 19.2 Å². The molecule has 8 heteroatoms. The van der Waals surface area contributed by atoms with Gasteiger partial charge >= 0.3 is 0 Å². The Labute approximate surface area is 233 Å². The van der Waals surface area contributed by atoms with Gasteiger partial charge in [-0.2, -0.15) is 0 Å². The van der Waals surface area contributed by atoms with Gasteiger partial charge in [0.25, 0.3) is 5.91 Å². The predicted octanol–water partition coefficient (Wildman–Crippen LogP) is 5.70. The van der Waals surface area contributed by atoms with Crippen molar-refractivity contribution in [3.05, 3.63) is 101 Å². The molecule has 2 heterocycles. The van der Waals surface area contributed by atoms with E-state index in [2.05, 4.69) is 22.3 Å². The van der Waals surface area contributed by atoms with Crippen LogP contribution in [0.15, 0.2) is 77.8 Å². The summed E-state index contributed by atoms with van der Waals surface area (Å²) in [4.78, 5) is 34.3. The van der Waals surface area contributed by atoms with Crippen molar-refractivity contribution in [2.45, 2.75) is 44.6 Å². The molecule has 3 aromatic carbocycles. The van der Waals surface area contributed by atoms with Crippen LogP contribution in [0.1, 0.15) is 55.7 Å². The first-order chi connectivity index (χ1) is 19.3. The number of hydrogen-bond donors (Lipinski definition) is 1. The summed E-state index contributed by atoms with van der Waals surface area (Å²) in [5, 5.41) is 2.86. The lowest BCUT2D eigenvalue weighted by Crippen LogP contribution is -2.43. The van der Waals surface area contributed by atoms with E-state index in [1.807, 2.05) is 12.1 Å². The van der Waals surface area contributed by atoms with Crippen molar-refractivity contribution in [1.82, 2.24) is 9.80 Å². The standard InChI is InChI=1S/C32H34F2N4O2/c1-22-36-32(26-10-12-28(33)13-11-26,27-7-4-8-29(34)21-27)31(40)38(22)17-5-16-37-18-14-24(15-19-37)25-6-3-9-30(20-25)35-23(2)39/h3-4,6-13,20-21,24H,5,14-19H2,1-2H3,(H,35,39). The summed E-state index contributed by atoms with van der Waals surface area (Å²) in [6.07, 6.45) is 2.82. The maximum absolute atomic E-state index is 14.3. The van der Waals surface area contributed by atoms with Crippen molar-refractivity contribution >= 4 is 23.3 Å². The monoisotopic (exact) mass is 544 g/mol. The molecule has 0 spiro atoms. The predicted molar refractivity (Wildman–Crippen MR) is 152 cm³/mol. The fraction of sp³-hybridized carbons (Fsp3) is 0.344. The molecule has 1 fully saturated rings. The van der Waals surface area contributed by atoms with Gasteiger partial charge in [-0.05, 0) is 105 Å². The van der Waals surface area contributed by atoms with Crippen molar-refractivity contribution in [2.75, 3.05) is 31.5 Å². The average molecular weight is 545 g/mol. The minimum atomic E-state index is -1.44. The molecule has 208 valence electrons. The zero-order valence-corrected chi connectivity index (χ0v) is 22.9. The molecule has 1 saturated heterocycles. The molecule has 0 radical (unpaired) electrons. The lowest BCUT2D eigenvalue weighted by Gasteiger charge is -2.33. The number of amidine groups is 1. The number of rotatable bonds is 8. The third-order valence-electron chi connectivity index (χ3n) is 7.90. The van der Waals surface area contributed by atoms with Gasteiger partial charge in [0.05, 0.1) is 0 Å². The number of anilines is 1. The smallest absolute Gasteiger partial charge is 0.265 e. The molecular formula is C32H34F2N4O2. The van der Waals surface area contributed by atoms with Gasteiger partial charge in [-0.15, -0.1) is 0 Å². The molecule has 6 nitrogen and oxygen atoms in total. The number of nitrogens with zero attached hydrogens (tertiary/aromatic N) is 3. The number of hydrogen-bond acceptors (Lipinski definition) is 4. The number of carbonyl (C=O) groups excluding carboxylic acids is 2. The van der Waals surface area contributed by atoms with E-state index < -0.39 is 17.2 Å². The number of halogens is 2. The van der Waals surface area contributed by atoms with Crippen LogP contribution in [0.3, 0.4) is 0 Å². The topological polar surface area (TPSA) is 65.0 Å². The molecule has 2 aliphatic rings. The first-order valence-corrected chi connectivity index (χ1v) is 13.8. The van der Waals surface area contributed by atoms with E-state index in [1.54, 1.807) is 36.1 Å². The van der Waals surface area contributed by atoms with Gasteiger partial charge in [0.15, 0.2) is 5.54 Å². The molecule has 1 N–H and O–H groups in total. The highest BCUT2D eigenvalue weighted by Gasteiger charge is 2.50. The van der Waals surface area contributed by atoms with Gasteiger partial charge in [-0.25, -0.2) is 13.8 Å².